The van der Waals surface area contributed by atoms with Crippen molar-refractivity contribution >= 4 is 0 Å². The molecule has 0 rings (SSSR count). The second-order valence-electron chi connectivity index (χ2n) is 3.56. The average molecular weight is 170 g/mol. The Morgan fingerprint density at radius 3 is 2.58 bits per heavy atom. The lowest BCUT2D eigenvalue weighted by molar-refractivity contribution is 0.295. The van der Waals surface area contributed by atoms with Gasteiger partial charge in [-0.1, -0.05) is 26.3 Å². The van der Waals surface area contributed by atoms with Crippen LogP contribution < -0.4 is 5.73 Å². The highest BCUT2D eigenvalue weighted by atomic mass is 15.1. The molecule has 0 saturated carbocycles. The minimum absolute atomic E-state index is 0.292. The summed E-state index contributed by atoms with van der Waals surface area (Å²) in [6.45, 7) is 9.95. The van der Waals surface area contributed by atoms with Crippen molar-refractivity contribution in [2.75, 3.05) is 20.1 Å². The SMILES string of the molecule is C=CCN(C)CC(N)C(C)CC. The van der Waals surface area contributed by atoms with Gasteiger partial charge in [-0.15, -0.1) is 6.58 Å². The topological polar surface area (TPSA) is 29.3 Å². The summed E-state index contributed by atoms with van der Waals surface area (Å²) < 4.78 is 0. The molecular weight excluding hydrogens is 148 g/mol. The standard InChI is InChI=1S/C10H22N2/c1-5-7-12(4)8-10(11)9(3)6-2/h5,9-10H,1,6-8,11H2,2-4H3. The predicted octanol–water partition coefficient (Wildman–Crippen LogP) is 1.48. The van der Waals surface area contributed by atoms with E-state index in [1.54, 1.807) is 0 Å². The Bertz CT molecular complexity index is 123. The molecule has 72 valence electrons. The molecule has 0 aliphatic carbocycles. The summed E-state index contributed by atoms with van der Waals surface area (Å²) in [5, 5.41) is 0. The fourth-order valence-corrected chi connectivity index (χ4v) is 1.14. The molecule has 0 aromatic carbocycles. The van der Waals surface area contributed by atoms with E-state index < -0.39 is 0 Å². The number of nitrogens with zero attached hydrogens (tertiary/aromatic N) is 1. The normalized spacial score (nSPS) is 16.1. The summed E-state index contributed by atoms with van der Waals surface area (Å²) >= 11 is 0. The van der Waals surface area contributed by atoms with Crippen molar-refractivity contribution in [2.24, 2.45) is 11.7 Å². The van der Waals surface area contributed by atoms with E-state index in [4.69, 9.17) is 5.73 Å². The maximum atomic E-state index is 5.98. The third kappa shape index (κ3) is 4.52. The van der Waals surface area contributed by atoms with Crippen LogP contribution in [0.25, 0.3) is 0 Å². The van der Waals surface area contributed by atoms with Crippen LogP contribution in [0, 0.1) is 5.92 Å². The maximum absolute atomic E-state index is 5.98. The van der Waals surface area contributed by atoms with E-state index in [1.807, 2.05) is 6.08 Å². The first-order chi connectivity index (χ1) is 5.61. The largest absolute Gasteiger partial charge is 0.326 e. The Kier molecular flexibility index (Phi) is 6.03. The molecule has 0 radical (unpaired) electrons. The highest BCUT2D eigenvalue weighted by Crippen LogP contribution is 2.05. The lowest BCUT2D eigenvalue weighted by Crippen LogP contribution is -2.39. The van der Waals surface area contributed by atoms with Crippen LogP contribution in [0.4, 0.5) is 0 Å². The van der Waals surface area contributed by atoms with Crippen LogP contribution in [0.15, 0.2) is 12.7 Å². The molecule has 2 unspecified atom stereocenters. The Morgan fingerprint density at radius 2 is 2.17 bits per heavy atom. The van der Waals surface area contributed by atoms with Crippen LogP contribution in [0.1, 0.15) is 20.3 Å². The van der Waals surface area contributed by atoms with Crippen molar-refractivity contribution in [2.45, 2.75) is 26.3 Å². The van der Waals surface area contributed by atoms with Crippen LogP contribution in [0.2, 0.25) is 0 Å². The van der Waals surface area contributed by atoms with Gasteiger partial charge in [0, 0.05) is 19.1 Å². The number of hydrogen-bond acceptors (Lipinski definition) is 2. The number of rotatable bonds is 6. The van der Waals surface area contributed by atoms with E-state index in [-0.39, 0.29) is 0 Å². The maximum Gasteiger partial charge on any atom is 0.0193 e. The van der Waals surface area contributed by atoms with Crippen LogP contribution in [-0.4, -0.2) is 31.1 Å². The van der Waals surface area contributed by atoms with Gasteiger partial charge in [0.2, 0.25) is 0 Å². The predicted molar refractivity (Wildman–Crippen MR) is 55.1 cm³/mol. The van der Waals surface area contributed by atoms with E-state index in [0.717, 1.165) is 19.5 Å². The first-order valence-corrected chi connectivity index (χ1v) is 4.66. The zero-order valence-electron chi connectivity index (χ0n) is 8.59. The van der Waals surface area contributed by atoms with Gasteiger partial charge >= 0.3 is 0 Å². The molecule has 2 heteroatoms. The summed E-state index contributed by atoms with van der Waals surface area (Å²) in [7, 11) is 2.07. The van der Waals surface area contributed by atoms with Crippen molar-refractivity contribution in [3.8, 4) is 0 Å². The van der Waals surface area contributed by atoms with Crippen LogP contribution in [0.5, 0.6) is 0 Å². The quantitative estimate of drug-likeness (QED) is 0.612. The van der Waals surface area contributed by atoms with Gasteiger partial charge in [-0.25, -0.2) is 0 Å². The van der Waals surface area contributed by atoms with Gasteiger partial charge < -0.3 is 10.6 Å². The zero-order valence-corrected chi connectivity index (χ0v) is 8.59. The first-order valence-electron chi connectivity index (χ1n) is 4.66. The molecule has 12 heavy (non-hydrogen) atoms. The van der Waals surface area contributed by atoms with Crippen molar-refractivity contribution < 1.29 is 0 Å². The Hall–Kier alpha value is -0.340. The van der Waals surface area contributed by atoms with E-state index in [9.17, 15) is 0 Å². The van der Waals surface area contributed by atoms with Crippen molar-refractivity contribution in [1.82, 2.24) is 4.90 Å². The first kappa shape index (κ1) is 11.7. The number of hydrogen-bond donors (Lipinski definition) is 1. The summed E-state index contributed by atoms with van der Waals surface area (Å²) in [6, 6.07) is 0.292. The Labute approximate surface area is 76.4 Å². The van der Waals surface area contributed by atoms with Gasteiger partial charge in [0.25, 0.3) is 0 Å². The highest BCUT2D eigenvalue weighted by molar-refractivity contribution is 4.76. The van der Waals surface area contributed by atoms with Gasteiger partial charge in [-0.2, -0.15) is 0 Å². The number of likely N-dealkylation sites (N-methyl/N-ethyl adjacent to an activating group) is 1. The average Bonchev–Trinajstić information content (AvgIpc) is 2.03. The lowest BCUT2D eigenvalue weighted by atomic mass is 10.00. The van der Waals surface area contributed by atoms with Gasteiger partial charge in [-0.05, 0) is 13.0 Å². The van der Waals surface area contributed by atoms with Crippen molar-refractivity contribution in [1.29, 1.82) is 0 Å². The second-order valence-corrected chi connectivity index (χ2v) is 3.56. The highest BCUT2D eigenvalue weighted by Gasteiger charge is 2.11. The Morgan fingerprint density at radius 1 is 1.58 bits per heavy atom. The van der Waals surface area contributed by atoms with Gasteiger partial charge in [-0.3, -0.25) is 0 Å². The minimum Gasteiger partial charge on any atom is -0.326 e. The van der Waals surface area contributed by atoms with Gasteiger partial charge in [0.05, 0.1) is 0 Å². The third-order valence-corrected chi connectivity index (χ3v) is 2.34. The lowest BCUT2D eigenvalue weighted by Gasteiger charge is -2.23. The molecular formula is C10H22N2. The Balaban J connectivity index is 3.66. The van der Waals surface area contributed by atoms with Crippen molar-refractivity contribution in [3.63, 3.8) is 0 Å². The van der Waals surface area contributed by atoms with E-state index in [0.29, 0.717) is 12.0 Å². The second kappa shape index (κ2) is 6.21. The molecule has 2 N–H and O–H groups in total. The van der Waals surface area contributed by atoms with Crippen LogP contribution >= 0.6 is 0 Å². The van der Waals surface area contributed by atoms with Gasteiger partial charge in [0.1, 0.15) is 0 Å². The molecule has 0 aromatic heterocycles. The smallest absolute Gasteiger partial charge is 0.0193 e. The van der Waals surface area contributed by atoms with Gasteiger partial charge in [0.15, 0.2) is 0 Å². The summed E-state index contributed by atoms with van der Waals surface area (Å²) in [4.78, 5) is 2.20. The summed E-state index contributed by atoms with van der Waals surface area (Å²) in [5.41, 5.74) is 5.98. The fourth-order valence-electron chi connectivity index (χ4n) is 1.14. The number of nitrogens with two attached hydrogens (primary N) is 1. The fraction of sp³-hybridized carbons (Fsp3) is 0.800. The van der Waals surface area contributed by atoms with E-state index >= 15 is 0 Å². The molecule has 0 aromatic rings. The molecule has 0 aliphatic heterocycles. The van der Waals surface area contributed by atoms with Crippen molar-refractivity contribution in [3.05, 3.63) is 12.7 Å². The van der Waals surface area contributed by atoms with E-state index in [2.05, 4.69) is 32.4 Å². The zero-order chi connectivity index (χ0) is 9.56. The third-order valence-electron chi connectivity index (χ3n) is 2.34. The minimum atomic E-state index is 0.292. The monoisotopic (exact) mass is 170 g/mol. The van der Waals surface area contributed by atoms with Crippen LogP contribution in [-0.2, 0) is 0 Å². The molecule has 0 aliphatic rings. The summed E-state index contributed by atoms with van der Waals surface area (Å²) in [5.74, 6) is 0.609. The molecule has 0 spiro atoms. The molecule has 0 saturated heterocycles. The molecule has 0 amide bonds. The molecule has 0 heterocycles. The van der Waals surface area contributed by atoms with Crippen LogP contribution in [0.3, 0.4) is 0 Å². The van der Waals surface area contributed by atoms with E-state index in [1.165, 1.54) is 0 Å². The molecule has 2 nitrogen and oxygen atoms in total. The molecule has 2 atom stereocenters. The molecule has 0 bridgehead atoms. The summed E-state index contributed by atoms with van der Waals surface area (Å²) in [6.07, 6.45) is 3.06. The molecule has 0 fully saturated rings.